The fourth-order valence-electron chi connectivity index (χ4n) is 3.02. The maximum Gasteiger partial charge on any atom is 0.401 e. The SMILES string of the molecule is O=C(Cc1ccccc1)Nc1ccc(N2CCN(CC(F)(F)F)CC2)nc1. The highest BCUT2D eigenvalue weighted by molar-refractivity contribution is 5.92. The van der Waals surface area contributed by atoms with Crippen molar-refractivity contribution in [3.05, 3.63) is 54.2 Å². The van der Waals surface area contributed by atoms with Crippen molar-refractivity contribution in [1.29, 1.82) is 0 Å². The van der Waals surface area contributed by atoms with Gasteiger partial charge in [0.05, 0.1) is 24.8 Å². The quantitative estimate of drug-likeness (QED) is 0.869. The molecule has 2 aromatic rings. The Kier molecular flexibility index (Phi) is 5.95. The smallest absolute Gasteiger partial charge is 0.354 e. The minimum atomic E-state index is -4.17. The van der Waals surface area contributed by atoms with E-state index in [2.05, 4.69) is 10.3 Å². The number of carbonyl (C=O) groups is 1. The topological polar surface area (TPSA) is 48.5 Å². The third-order valence-electron chi connectivity index (χ3n) is 4.34. The van der Waals surface area contributed by atoms with Crippen LogP contribution in [0.2, 0.25) is 0 Å². The molecule has 0 spiro atoms. The Balaban J connectivity index is 1.50. The minimum Gasteiger partial charge on any atom is -0.354 e. The minimum absolute atomic E-state index is 0.128. The normalized spacial score (nSPS) is 15.6. The first-order valence-electron chi connectivity index (χ1n) is 8.73. The van der Waals surface area contributed by atoms with Crippen LogP contribution in [0.15, 0.2) is 48.7 Å². The molecule has 0 saturated carbocycles. The summed E-state index contributed by atoms with van der Waals surface area (Å²) >= 11 is 0. The molecule has 144 valence electrons. The average Bonchev–Trinajstić information content (AvgIpc) is 2.62. The second kappa shape index (κ2) is 8.39. The third-order valence-corrected chi connectivity index (χ3v) is 4.34. The van der Waals surface area contributed by atoms with Gasteiger partial charge in [-0.25, -0.2) is 4.98 Å². The Hall–Kier alpha value is -2.61. The van der Waals surface area contributed by atoms with E-state index < -0.39 is 12.7 Å². The zero-order chi connectivity index (χ0) is 19.3. The van der Waals surface area contributed by atoms with Crippen LogP contribution in [-0.2, 0) is 11.2 Å². The fourth-order valence-corrected chi connectivity index (χ4v) is 3.02. The van der Waals surface area contributed by atoms with Crippen LogP contribution in [-0.4, -0.2) is 54.7 Å². The first-order valence-corrected chi connectivity index (χ1v) is 8.73. The number of hydrogen-bond acceptors (Lipinski definition) is 4. The Morgan fingerprint density at radius 2 is 1.74 bits per heavy atom. The predicted octanol–water partition coefficient (Wildman–Crippen LogP) is 2.95. The molecule has 1 aromatic carbocycles. The summed E-state index contributed by atoms with van der Waals surface area (Å²) in [6, 6.07) is 13.0. The second-order valence-electron chi connectivity index (χ2n) is 6.49. The summed E-state index contributed by atoms with van der Waals surface area (Å²) in [4.78, 5) is 19.7. The van der Waals surface area contributed by atoms with Crippen LogP contribution in [0.1, 0.15) is 5.56 Å². The highest BCUT2D eigenvalue weighted by Gasteiger charge is 2.32. The van der Waals surface area contributed by atoms with Gasteiger partial charge in [-0.3, -0.25) is 9.69 Å². The number of halogens is 3. The molecule has 0 atom stereocenters. The highest BCUT2D eigenvalue weighted by atomic mass is 19.4. The van der Waals surface area contributed by atoms with E-state index >= 15 is 0 Å². The van der Waals surface area contributed by atoms with Gasteiger partial charge >= 0.3 is 6.18 Å². The van der Waals surface area contributed by atoms with E-state index in [1.807, 2.05) is 35.2 Å². The standard InChI is InChI=1S/C19H21F3N4O/c20-19(21,22)14-25-8-10-26(11-9-25)17-7-6-16(13-23-17)24-18(27)12-15-4-2-1-3-5-15/h1-7,13H,8-12,14H2,(H,24,27). The molecule has 1 aliphatic rings. The Bertz CT molecular complexity index is 742. The number of amides is 1. The number of alkyl halides is 3. The van der Waals surface area contributed by atoms with Gasteiger partial charge in [-0.2, -0.15) is 13.2 Å². The lowest BCUT2D eigenvalue weighted by Gasteiger charge is -2.35. The van der Waals surface area contributed by atoms with E-state index in [0.717, 1.165) is 5.56 Å². The van der Waals surface area contributed by atoms with E-state index in [9.17, 15) is 18.0 Å². The molecule has 1 aromatic heterocycles. The zero-order valence-electron chi connectivity index (χ0n) is 14.7. The summed E-state index contributed by atoms with van der Waals surface area (Å²) in [7, 11) is 0. The van der Waals surface area contributed by atoms with E-state index in [-0.39, 0.29) is 12.3 Å². The highest BCUT2D eigenvalue weighted by Crippen LogP contribution is 2.20. The van der Waals surface area contributed by atoms with Crippen molar-refractivity contribution in [2.45, 2.75) is 12.6 Å². The second-order valence-corrected chi connectivity index (χ2v) is 6.49. The van der Waals surface area contributed by atoms with Crippen LogP contribution in [0.3, 0.4) is 0 Å². The maximum atomic E-state index is 12.4. The Morgan fingerprint density at radius 1 is 1.04 bits per heavy atom. The third kappa shape index (κ3) is 5.96. The summed E-state index contributed by atoms with van der Waals surface area (Å²) in [6.07, 6.45) is -2.32. The van der Waals surface area contributed by atoms with Crippen LogP contribution in [0.5, 0.6) is 0 Å². The molecule has 3 rings (SSSR count). The molecule has 0 aliphatic carbocycles. The molecular weight excluding hydrogens is 357 g/mol. The molecular formula is C19H21F3N4O. The number of nitrogens with one attached hydrogen (secondary N) is 1. The van der Waals surface area contributed by atoms with Crippen molar-refractivity contribution in [3.8, 4) is 0 Å². The van der Waals surface area contributed by atoms with Crippen molar-refractivity contribution < 1.29 is 18.0 Å². The van der Waals surface area contributed by atoms with Gasteiger partial charge in [0, 0.05) is 26.2 Å². The zero-order valence-corrected chi connectivity index (χ0v) is 14.7. The number of aromatic nitrogens is 1. The van der Waals surface area contributed by atoms with Crippen molar-refractivity contribution >= 4 is 17.4 Å². The van der Waals surface area contributed by atoms with Gasteiger partial charge in [-0.15, -0.1) is 0 Å². The number of rotatable bonds is 5. The lowest BCUT2D eigenvalue weighted by molar-refractivity contribution is -0.146. The van der Waals surface area contributed by atoms with Crippen molar-refractivity contribution in [2.75, 3.05) is 42.9 Å². The van der Waals surface area contributed by atoms with Crippen LogP contribution in [0, 0.1) is 0 Å². The molecule has 1 fully saturated rings. The molecule has 0 bridgehead atoms. The molecule has 8 heteroatoms. The van der Waals surface area contributed by atoms with Crippen LogP contribution < -0.4 is 10.2 Å². The number of pyridine rings is 1. The number of carbonyl (C=O) groups excluding carboxylic acids is 1. The largest absolute Gasteiger partial charge is 0.401 e. The number of nitrogens with zero attached hydrogens (tertiary/aromatic N) is 3. The van der Waals surface area contributed by atoms with E-state index in [4.69, 9.17) is 0 Å². The number of benzene rings is 1. The van der Waals surface area contributed by atoms with Crippen LogP contribution >= 0.6 is 0 Å². The molecule has 27 heavy (non-hydrogen) atoms. The summed E-state index contributed by atoms with van der Waals surface area (Å²) in [6.45, 7) is 0.791. The van der Waals surface area contributed by atoms with Gasteiger partial charge in [-0.05, 0) is 17.7 Å². The van der Waals surface area contributed by atoms with Crippen molar-refractivity contribution in [1.82, 2.24) is 9.88 Å². The molecule has 1 amide bonds. The number of piperazine rings is 1. The molecule has 2 heterocycles. The monoisotopic (exact) mass is 378 g/mol. The van der Waals surface area contributed by atoms with Gasteiger partial charge in [0.25, 0.3) is 0 Å². The number of hydrogen-bond donors (Lipinski definition) is 1. The van der Waals surface area contributed by atoms with E-state index in [1.165, 1.54) is 4.90 Å². The Labute approximate surface area is 155 Å². The summed E-state index contributed by atoms with van der Waals surface area (Å²) in [5.41, 5.74) is 1.52. The predicted molar refractivity (Wildman–Crippen MR) is 97.7 cm³/mol. The fraction of sp³-hybridized carbons (Fsp3) is 0.368. The molecule has 1 aliphatic heterocycles. The van der Waals surface area contributed by atoms with Gasteiger partial charge in [-0.1, -0.05) is 30.3 Å². The lowest BCUT2D eigenvalue weighted by Crippen LogP contribution is -2.49. The first kappa shape index (κ1) is 19.2. The van der Waals surface area contributed by atoms with Gasteiger partial charge in [0.2, 0.25) is 5.91 Å². The van der Waals surface area contributed by atoms with Crippen LogP contribution in [0.4, 0.5) is 24.7 Å². The first-order chi connectivity index (χ1) is 12.9. The van der Waals surface area contributed by atoms with Crippen molar-refractivity contribution in [3.63, 3.8) is 0 Å². The van der Waals surface area contributed by atoms with Gasteiger partial charge < -0.3 is 10.2 Å². The Morgan fingerprint density at radius 3 is 2.33 bits per heavy atom. The number of anilines is 2. The molecule has 5 nitrogen and oxygen atoms in total. The average molecular weight is 378 g/mol. The summed E-state index contributed by atoms with van der Waals surface area (Å²) in [5.74, 6) is 0.569. The van der Waals surface area contributed by atoms with E-state index in [0.29, 0.717) is 37.7 Å². The summed E-state index contributed by atoms with van der Waals surface area (Å²) in [5, 5.41) is 2.80. The van der Waals surface area contributed by atoms with Crippen LogP contribution in [0.25, 0.3) is 0 Å². The van der Waals surface area contributed by atoms with E-state index in [1.54, 1.807) is 18.3 Å². The van der Waals surface area contributed by atoms with Gasteiger partial charge in [0.1, 0.15) is 5.82 Å². The molecule has 1 saturated heterocycles. The lowest BCUT2D eigenvalue weighted by atomic mass is 10.1. The molecule has 0 radical (unpaired) electrons. The molecule has 0 unspecified atom stereocenters. The summed E-state index contributed by atoms with van der Waals surface area (Å²) < 4.78 is 37.3. The molecule has 1 N–H and O–H groups in total. The maximum absolute atomic E-state index is 12.4. The van der Waals surface area contributed by atoms with Crippen molar-refractivity contribution in [2.24, 2.45) is 0 Å². The van der Waals surface area contributed by atoms with Gasteiger partial charge in [0.15, 0.2) is 0 Å².